The van der Waals surface area contributed by atoms with Gasteiger partial charge in [0.1, 0.15) is 66.5 Å². The molecule has 11 amide bonds. The molecule has 3 saturated heterocycles. The Kier molecular flexibility index (Phi) is 34.4. The summed E-state index contributed by atoms with van der Waals surface area (Å²) in [4.78, 5) is 171. The number of aliphatic hydroxyl groups excluding tert-OH is 2. The van der Waals surface area contributed by atoms with E-state index in [1.54, 1.807) is 46.4 Å². The second kappa shape index (κ2) is 40.4. The normalized spacial score (nSPS) is 22.0. The summed E-state index contributed by atoms with van der Waals surface area (Å²) in [6.07, 6.45) is 6.16. The number of carbonyl (C=O) groups is 12. The molecular formula is C63H109N15O16S2. The fourth-order valence-electron chi connectivity index (χ4n) is 12.7. The van der Waals surface area contributed by atoms with Crippen molar-refractivity contribution in [3.8, 4) is 0 Å². The number of guanidine groups is 1. The van der Waals surface area contributed by atoms with E-state index in [0.29, 0.717) is 58.2 Å². The van der Waals surface area contributed by atoms with Gasteiger partial charge >= 0.3 is 5.97 Å². The van der Waals surface area contributed by atoms with E-state index in [4.69, 9.17) is 21.6 Å². The molecular weight excluding hydrogens is 1290 g/mol. The fraction of sp³-hybridized carbons (Fsp3) is 0.794. The predicted molar refractivity (Wildman–Crippen MR) is 361 cm³/mol. The topological polar surface area (TPSA) is 477 Å². The molecule has 0 aromatic rings. The van der Waals surface area contributed by atoms with Crippen molar-refractivity contribution in [2.24, 2.45) is 47.0 Å². The second-order valence-corrected chi connectivity index (χ2v) is 27.2. The number of carboxylic acid groups (broad SMARTS) is 1. The van der Waals surface area contributed by atoms with E-state index in [1.165, 1.54) is 4.90 Å². The number of carbonyl (C=O) groups excluding carboxylic acids is 11. The third kappa shape index (κ3) is 23.3. The zero-order valence-electron chi connectivity index (χ0n) is 56.8. The molecule has 3 aliphatic heterocycles. The molecule has 0 spiro atoms. The van der Waals surface area contributed by atoms with Crippen molar-refractivity contribution >= 4 is 102 Å². The number of nitrogens with two attached hydrogens (primary N) is 2. The lowest BCUT2D eigenvalue weighted by atomic mass is 9.84. The van der Waals surface area contributed by atoms with E-state index in [-0.39, 0.29) is 80.5 Å². The summed E-state index contributed by atoms with van der Waals surface area (Å²) >= 11 is 8.52. The van der Waals surface area contributed by atoms with Gasteiger partial charge in [0, 0.05) is 43.9 Å². The quantitative estimate of drug-likeness (QED) is 0.0133. The molecule has 4 fully saturated rings. The number of aliphatic hydroxyl groups is 2. The smallest absolute Gasteiger partial charge is 0.326 e. The van der Waals surface area contributed by atoms with Gasteiger partial charge in [-0.3, -0.25) is 58.1 Å². The molecule has 17 atom stereocenters. The van der Waals surface area contributed by atoms with E-state index >= 15 is 4.79 Å². The molecule has 1 unspecified atom stereocenters. The number of aliphatic carboxylic acids is 1. The zero-order valence-corrected chi connectivity index (χ0v) is 58.6. The first-order valence-corrected chi connectivity index (χ1v) is 35.2. The predicted octanol–water partition coefficient (Wildman–Crippen LogP) is -2.37. The molecule has 0 aromatic heterocycles. The Morgan fingerprint density at radius 1 is 0.573 bits per heavy atom. The maximum Gasteiger partial charge on any atom is 0.326 e. The first kappa shape index (κ1) is 81.9. The molecule has 544 valence electrons. The van der Waals surface area contributed by atoms with Gasteiger partial charge in [-0.2, -0.15) is 25.3 Å². The van der Waals surface area contributed by atoms with Crippen LogP contribution < -0.4 is 64.6 Å². The van der Waals surface area contributed by atoms with Crippen LogP contribution in [-0.4, -0.2) is 232 Å². The molecule has 33 heteroatoms. The Balaban J connectivity index is 1.51. The van der Waals surface area contributed by atoms with Crippen molar-refractivity contribution in [1.82, 2.24) is 63.0 Å². The molecule has 31 nitrogen and oxygen atoms in total. The lowest BCUT2D eigenvalue weighted by molar-refractivity contribution is -0.150. The maximum atomic E-state index is 15.2. The number of nitrogens with zero attached hydrogens (tertiary/aromatic N) is 2. The number of carboxylic acids is 1. The number of hydrogen-bond acceptors (Lipinski definition) is 19. The van der Waals surface area contributed by atoms with Crippen molar-refractivity contribution in [1.29, 1.82) is 5.41 Å². The Morgan fingerprint density at radius 2 is 1.04 bits per heavy atom. The van der Waals surface area contributed by atoms with Gasteiger partial charge in [0.05, 0.1) is 19.3 Å². The molecule has 1 aliphatic carbocycles. The van der Waals surface area contributed by atoms with Crippen LogP contribution in [0.3, 0.4) is 0 Å². The van der Waals surface area contributed by atoms with Gasteiger partial charge in [0.15, 0.2) is 5.96 Å². The lowest BCUT2D eigenvalue weighted by Crippen LogP contribution is -2.62. The summed E-state index contributed by atoms with van der Waals surface area (Å²) in [5.74, 6) is -12.5. The minimum atomic E-state index is -1.74. The standard InChI is InChI=1S/C63H109N15O16S2/c1-9-33(6)48(58(88)73-43(31-96)55(85)76-50(62(92)93)35(8)11-3)74-56(86)46-27-37-16-12-13-18-44(37)78(46)61(91)45-19-15-23-77(45)60(90)39(26-32(4)5)69-53(83)41(29-80)70-51(81)38(17-14-22-67-63(65)66)68-52(82)40(28-79)71-54(84)42(30-95)72-59(89)49(34(7)10-2)75-57(87)47(64)36-20-24-94-25-21-36/h32-50,79-80,95-96H,9-31,64H2,1-8H3,(H,68,82)(H,69,83)(H,70,81)(H,71,84)(H,72,89)(H,73,88)(H,74,86)(H,75,87)(H,76,85)(H,92,93)(H4,65,66,67)/t33-,34-,35-,37-,38-,39-,40-,41-,42-,43-,44-,45-,46-,47-,48-,49?,50-/m0/s1. The summed E-state index contributed by atoms with van der Waals surface area (Å²) in [7, 11) is 0. The van der Waals surface area contributed by atoms with Crippen LogP contribution in [0.1, 0.15) is 152 Å². The summed E-state index contributed by atoms with van der Waals surface area (Å²) in [5, 5.41) is 64.3. The number of nitrogens with one attached hydrogen (secondary N) is 11. The van der Waals surface area contributed by atoms with Gasteiger partial charge in [-0.1, -0.05) is 87.5 Å². The van der Waals surface area contributed by atoms with Crippen molar-refractivity contribution in [3.63, 3.8) is 0 Å². The minimum Gasteiger partial charge on any atom is -0.480 e. The van der Waals surface area contributed by atoms with Crippen molar-refractivity contribution in [2.75, 3.05) is 51.0 Å². The number of thiol groups is 2. The highest BCUT2D eigenvalue weighted by molar-refractivity contribution is 7.80. The molecule has 3 heterocycles. The monoisotopic (exact) mass is 1400 g/mol. The van der Waals surface area contributed by atoms with Gasteiger partial charge in [0.2, 0.25) is 65.0 Å². The van der Waals surface area contributed by atoms with E-state index in [9.17, 15) is 68.1 Å². The maximum absolute atomic E-state index is 15.2. The first-order chi connectivity index (χ1) is 45.5. The minimum absolute atomic E-state index is 0.0317. The van der Waals surface area contributed by atoms with E-state index in [1.807, 2.05) is 13.8 Å². The van der Waals surface area contributed by atoms with Gasteiger partial charge < -0.3 is 94.5 Å². The fourth-order valence-corrected chi connectivity index (χ4v) is 13.2. The van der Waals surface area contributed by atoms with Crippen molar-refractivity contribution in [3.05, 3.63) is 0 Å². The SMILES string of the molecule is CC[C@H](C)C(NC(=O)[C@@H](N)C1CCOCC1)C(=O)N[C@@H](CS)C(=O)N[C@@H](CO)C(=O)N[C@@H](CCCNC(=N)N)C(=O)N[C@@H](CO)C(=O)N[C@@H](CC(C)C)C(=O)N1CCC[C@H]1C(=O)N1[C@H](C(=O)N[C@H](C(=O)N[C@@H](CS)C(=O)N[C@H](C(=O)O)[C@@H](C)CC)[C@@H](C)CC)C[C@@H]2CCCC[C@@H]21. The third-order valence-corrected chi connectivity index (χ3v) is 19.8. The average Bonchev–Trinajstić information content (AvgIpc) is 1.61. The average molecular weight is 1400 g/mol. The lowest BCUT2D eigenvalue weighted by Gasteiger charge is -2.38. The number of ether oxygens (including phenoxy) is 1. The summed E-state index contributed by atoms with van der Waals surface area (Å²) in [5.41, 5.74) is 11.8. The van der Waals surface area contributed by atoms with Crippen LogP contribution in [0.25, 0.3) is 0 Å². The molecule has 1 saturated carbocycles. The number of likely N-dealkylation sites (tertiary alicyclic amines) is 2. The van der Waals surface area contributed by atoms with E-state index in [0.717, 1.165) is 19.3 Å². The van der Waals surface area contributed by atoms with E-state index < -0.39 is 180 Å². The summed E-state index contributed by atoms with van der Waals surface area (Å²) in [6, 6.07) is -16.0. The van der Waals surface area contributed by atoms with Gasteiger partial charge in [-0.15, -0.1) is 0 Å². The van der Waals surface area contributed by atoms with Crippen LogP contribution >= 0.6 is 25.3 Å². The Morgan fingerprint density at radius 3 is 1.55 bits per heavy atom. The Bertz CT molecular complexity index is 2680. The number of fused-ring (bicyclic) bond motifs is 1. The number of amides is 11. The van der Waals surface area contributed by atoms with Crippen LogP contribution in [0.5, 0.6) is 0 Å². The molecule has 0 aromatic carbocycles. The number of hydrogen-bond donors (Lipinski definition) is 18. The molecule has 0 radical (unpaired) electrons. The highest BCUT2D eigenvalue weighted by Gasteiger charge is 2.52. The molecule has 18 N–H and O–H groups in total. The summed E-state index contributed by atoms with van der Waals surface area (Å²) in [6.45, 7) is 13.2. The Hall–Kier alpha value is -6.55. The van der Waals surface area contributed by atoms with Crippen LogP contribution in [0.15, 0.2) is 0 Å². The number of rotatable bonds is 38. The highest BCUT2D eigenvalue weighted by Crippen LogP contribution is 2.41. The van der Waals surface area contributed by atoms with E-state index in [2.05, 4.69) is 78.4 Å². The molecule has 4 aliphatic rings. The Labute approximate surface area is 573 Å². The van der Waals surface area contributed by atoms with Gasteiger partial charge in [0.25, 0.3) is 0 Å². The largest absolute Gasteiger partial charge is 0.480 e. The second-order valence-electron chi connectivity index (χ2n) is 26.4. The highest BCUT2D eigenvalue weighted by atomic mass is 32.1. The first-order valence-electron chi connectivity index (χ1n) is 34.0. The zero-order chi connectivity index (χ0) is 71.7. The molecule has 4 rings (SSSR count). The van der Waals surface area contributed by atoms with Crippen LogP contribution in [0.4, 0.5) is 0 Å². The van der Waals surface area contributed by atoms with Crippen LogP contribution in [0, 0.1) is 40.9 Å². The molecule has 0 bridgehead atoms. The third-order valence-electron chi connectivity index (χ3n) is 19.1. The van der Waals surface area contributed by atoms with Crippen LogP contribution in [-0.2, 0) is 62.3 Å². The summed E-state index contributed by atoms with van der Waals surface area (Å²) < 4.78 is 5.39. The van der Waals surface area contributed by atoms with Crippen molar-refractivity contribution in [2.45, 2.75) is 230 Å². The molecule has 96 heavy (non-hydrogen) atoms. The van der Waals surface area contributed by atoms with Crippen molar-refractivity contribution < 1.29 is 77.6 Å². The van der Waals surface area contributed by atoms with Crippen LogP contribution in [0.2, 0.25) is 0 Å². The van der Waals surface area contributed by atoms with Gasteiger partial charge in [-0.05, 0) is 99.7 Å². The van der Waals surface area contributed by atoms with Gasteiger partial charge in [-0.25, -0.2) is 4.79 Å².